The van der Waals surface area contributed by atoms with Crippen LogP contribution in [0.3, 0.4) is 0 Å². The molecule has 0 aromatic heterocycles. The number of hydrogen-bond acceptors (Lipinski definition) is 7. The van der Waals surface area contributed by atoms with Crippen molar-refractivity contribution >= 4 is 17.5 Å². The number of hydrogen-bond donors (Lipinski definition) is 3. The summed E-state index contributed by atoms with van der Waals surface area (Å²) in [5, 5.41) is 32.3. The summed E-state index contributed by atoms with van der Waals surface area (Å²) < 4.78 is 23.2. The highest BCUT2D eigenvalue weighted by Gasteiger charge is 2.77. The van der Waals surface area contributed by atoms with Gasteiger partial charge < -0.3 is 20.1 Å². The van der Waals surface area contributed by atoms with Crippen molar-refractivity contribution in [1.29, 1.82) is 0 Å². The molecule has 0 aliphatic heterocycles. The smallest absolute Gasteiger partial charge is 0.306 e. The number of ether oxygens (including phenoxy) is 1. The quantitative estimate of drug-likeness (QED) is 0.518. The lowest BCUT2D eigenvalue weighted by Gasteiger charge is -2.63. The van der Waals surface area contributed by atoms with Crippen molar-refractivity contribution in [3.63, 3.8) is 0 Å². The number of aliphatic hydroxyl groups excluding tert-OH is 3. The number of aliphatic hydroxyl groups is 3. The Bertz CT molecular complexity index is 974. The van der Waals surface area contributed by atoms with E-state index < -0.39 is 70.4 Å². The minimum absolute atomic E-state index is 0.0324. The molecular weight excluding hydrogens is 443 g/mol. The number of alkyl halides is 1. The zero-order chi connectivity index (χ0) is 25.3. The third-order valence-electron chi connectivity index (χ3n) is 9.49. The van der Waals surface area contributed by atoms with Crippen molar-refractivity contribution in [1.82, 2.24) is 0 Å². The van der Waals surface area contributed by atoms with Crippen molar-refractivity contribution in [2.24, 2.45) is 28.6 Å². The highest BCUT2D eigenvalue weighted by Crippen LogP contribution is 2.71. The van der Waals surface area contributed by atoms with Crippen LogP contribution in [0.25, 0.3) is 0 Å². The first-order valence-electron chi connectivity index (χ1n) is 12.2. The van der Waals surface area contributed by atoms with Gasteiger partial charge >= 0.3 is 5.97 Å². The summed E-state index contributed by atoms with van der Waals surface area (Å²) in [5.74, 6) is -3.47. The Morgan fingerprint density at radius 3 is 2.50 bits per heavy atom. The van der Waals surface area contributed by atoms with Gasteiger partial charge in [0.1, 0.15) is 6.61 Å². The first-order chi connectivity index (χ1) is 15.8. The minimum Gasteiger partial charge on any atom is -0.450 e. The van der Waals surface area contributed by atoms with Crippen molar-refractivity contribution < 1.29 is 38.8 Å². The number of allylic oxidation sites excluding steroid dienone is 3. The van der Waals surface area contributed by atoms with Crippen molar-refractivity contribution in [2.75, 3.05) is 6.61 Å². The molecule has 0 aromatic carbocycles. The van der Waals surface area contributed by atoms with Crippen LogP contribution in [-0.2, 0) is 19.1 Å². The fourth-order valence-electron chi connectivity index (χ4n) is 7.99. The van der Waals surface area contributed by atoms with Gasteiger partial charge in [-0.3, -0.25) is 14.4 Å². The van der Waals surface area contributed by atoms with E-state index in [2.05, 4.69) is 0 Å². The fourth-order valence-corrected chi connectivity index (χ4v) is 7.99. The maximum atomic E-state index is 17.3. The van der Waals surface area contributed by atoms with E-state index in [9.17, 15) is 29.7 Å². The highest BCUT2D eigenvalue weighted by atomic mass is 19.1. The van der Waals surface area contributed by atoms with Crippen LogP contribution in [0.1, 0.15) is 59.8 Å². The van der Waals surface area contributed by atoms with Crippen LogP contribution >= 0.6 is 0 Å². The molecule has 188 valence electrons. The number of halogens is 1. The Morgan fingerprint density at radius 2 is 1.88 bits per heavy atom. The molecule has 4 aliphatic carbocycles. The zero-order valence-electron chi connectivity index (χ0n) is 20.2. The molecule has 0 bridgehead atoms. The number of rotatable bonds is 5. The molecule has 0 saturated heterocycles. The zero-order valence-corrected chi connectivity index (χ0v) is 20.2. The van der Waals surface area contributed by atoms with Gasteiger partial charge in [-0.1, -0.05) is 26.8 Å². The second-order valence-electron chi connectivity index (χ2n) is 11.1. The minimum atomic E-state index is -2.20. The normalized spacial score (nSPS) is 47.4. The molecular formula is C26H35FO7. The van der Waals surface area contributed by atoms with E-state index in [4.69, 9.17) is 4.74 Å². The Hall–Kier alpha value is -1.90. The average molecular weight is 479 g/mol. The monoisotopic (exact) mass is 478 g/mol. The molecule has 3 N–H and O–H groups in total. The van der Waals surface area contributed by atoms with E-state index in [1.165, 1.54) is 18.2 Å². The molecule has 4 rings (SSSR count). The summed E-state index contributed by atoms with van der Waals surface area (Å²) in [6, 6.07) is 0. The number of ketones is 2. The van der Waals surface area contributed by atoms with E-state index >= 15 is 4.39 Å². The van der Waals surface area contributed by atoms with Crippen molar-refractivity contribution in [2.45, 2.75) is 83.3 Å². The summed E-state index contributed by atoms with van der Waals surface area (Å²) in [6.07, 6.45) is 2.05. The molecule has 34 heavy (non-hydrogen) atoms. The number of fused-ring (bicyclic) bond motifs is 5. The third kappa shape index (κ3) is 2.94. The van der Waals surface area contributed by atoms with E-state index in [0.717, 1.165) is 0 Å². The number of Topliss-reactive ketones (excluding diaryl/α,β-unsaturated/α-hetero) is 1. The molecule has 4 aliphatic rings. The maximum absolute atomic E-state index is 17.3. The van der Waals surface area contributed by atoms with E-state index in [1.807, 2.05) is 6.92 Å². The van der Waals surface area contributed by atoms with Gasteiger partial charge in [0.25, 0.3) is 0 Å². The lowest BCUT2D eigenvalue weighted by Crippen LogP contribution is -2.71. The predicted octanol–water partition coefficient (Wildman–Crippen LogP) is 2.22. The lowest BCUT2D eigenvalue weighted by molar-refractivity contribution is -0.233. The van der Waals surface area contributed by atoms with Crippen molar-refractivity contribution in [3.05, 3.63) is 23.8 Å². The highest BCUT2D eigenvalue weighted by molar-refractivity contribution is 6.01. The standard InChI is InChI=1S/C26H35FO7/c1-5-6-22(33)34-26(21(32)13-28)14(2)9-16-17-11-19(30)18-10-15(29)7-8-23(18,3)25(17,27)20(31)12-24(16,26)4/h7-8,10,14,16-17,19-20,28,30-31H,5-6,9,11-13H2,1-4H3/t14-,16-,17-,19+,20-,23-,24-,25-,26-/m0/s1. The summed E-state index contributed by atoms with van der Waals surface area (Å²) in [7, 11) is 0. The maximum Gasteiger partial charge on any atom is 0.306 e. The predicted molar refractivity (Wildman–Crippen MR) is 120 cm³/mol. The summed E-state index contributed by atoms with van der Waals surface area (Å²) in [6.45, 7) is 6.05. The van der Waals surface area contributed by atoms with Crippen LogP contribution < -0.4 is 0 Å². The fraction of sp³-hybridized carbons (Fsp3) is 0.731. The van der Waals surface area contributed by atoms with Crippen molar-refractivity contribution in [3.8, 4) is 0 Å². The van der Waals surface area contributed by atoms with Gasteiger partial charge in [-0.25, -0.2) is 4.39 Å². The van der Waals surface area contributed by atoms with Crippen LogP contribution in [0.15, 0.2) is 23.8 Å². The first kappa shape index (κ1) is 25.2. The molecule has 7 nitrogen and oxygen atoms in total. The molecule has 3 saturated carbocycles. The van der Waals surface area contributed by atoms with Crippen LogP contribution in [0, 0.1) is 28.6 Å². The van der Waals surface area contributed by atoms with Gasteiger partial charge in [0.15, 0.2) is 17.1 Å². The molecule has 0 aromatic rings. The van der Waals surface area contributed by atoms with Crippen LogP contribution in [0.2, 0.25) is 0 Å². The largest absolute Gasteiger partial charge is 0.450 e. The molecule has 9 atom stereocenters. The van der Waals surface area contributed by atoms with E-state index in [0.29, 0.717) is 12.8 Å². The number of carbonyl (C=O) groups is 3. The molecule has 0 radical (unpaired) electrons. The van der Waals surface area contributed by atoms with Crippen LogP contribution in [0.5, 0.6) is 0 Å². The molecule has 0 amide bonds. The lowest BCUT2D eigenvalue weighted by atomic mass is 9.44. The molecule has 0 heterocycles. The Kier molecular flexibility index (Phi) is 5.98. The summed E-state index contributed by atoms with van der Waals surface area (Å²) in [5.41, 5.74) is -6.22. The molecule has 0 spiro atoms. The third-order valence-corrected chi connectivity index (χ3v) is 9.49. The Labute approximate surface area is 199 Å². The molecule has 0 unspecified atom stereocenters. The van der Waals surface area contributed by atoms with E-state index in [1.54, 1.807) is 20.8 Å². The van der Waals surface area contributed by atoms with E-state index in [-0.39, 0.29) is 30.6 Å². The Balaban J connectivity index is 1.86. The molecule has 3 fully saturated rings. The number of esters is 1. The summed E-state index contributed by atoms with van der Waals surface area (Å²) in [4.78, 5) is 37.9. The summed E-state index contributed by atoms with van der Waals surface area (Å²) >= 11 is 0. The van der Waals surface area contributed by atoms with Gasteiger partial charge in [0.05, 0.1) is 12.2 Å². The average Bonchev–Trinajstić information content (AvgIpc) is 2.99. The van der Waals surface area contributed by atoms with Gasteiger partial charge in [-0.2, -0.15) is 0 Å². The number of carbonyl (C=O) groups excluding carboxylic acids is 3. The van der Waals surface area contributed by atoms with Crippen LogP contribution in [-0.4, -0.2) is 62.9 Å². The van der Waals surface area contributed by atoms with Gasteiger partial charge in [0.2, 0.25) is 5.78 Å². The van der Waals surface area contributed by atoms with Crippen LogP contribution in [0.4, 0.5) is 4.39 Å². The van der Waals surface area contributed by atoms with Gasteiger partial charge in [-0.05, 0) is 56.3 Å². The topological polar surface area (TPSA) is 121 Å². The SMILES string of the molecule is CCCC(=O)O[C@]1(C(=O)CO)[C@@H](C)C[C@H]2[C@@H]3C[C@@H](O)C4=CC(=O)C=C[C@]4(C)[C@@]3(F)[C@@H](O)C[C@@]21C. The Morgan fingerprint density at radius 1 is 1.21 bits per heavy atom. The van der Waals surface area contributed by atoms with Gasteiger partial charge in [0, 0.05) is 29.1 Å². The van der Waals surface area contributed by atoms with Gasteiger partial charge in [-0.15, -0.1) is 0 Å². The second-order valence-corrected chi connectivity index (χ2v) is 11.1. The second kappa shape index (κ2) is 8.07. The molecule has 8 heteroatoms. The first-order valence-corrected chi connectivity index (χ1v) is 12.2.